The number of carbonyl (C=O) groups excluding carboxylic acids is 1. The molecule has 31 heavy (non-hydrogen) atoms. The second-order valence-electron chi connectivity index (χ2n) is 8.12. The first-order valence-electron chi connectivity index (χ1n) is 10.2. The van der Waals surface area contributed by atoms with E-state index in [1.165, 1.54) is 0 Å². The van der Waals surface area contributed by atoms with E-state index >= 15 is 0 Å². The molecule has 0 saturated carbocycles. The van der Waals surface area contributed by atoms with Gasteiger partial charge >= 0.3 is 6.09 Å². The number of carbonyl (C=O) groups is 1. The Morgan fingerprint density at radius 2 is 1.94 bits per heavy atom. The number of imidazole rings is 1. The number of alkyl carbamates (subject to hydrolysis) is 1. The minimum Gasteiger partial charge on any atom is -0.445 e. The van der Waals surface area contributed by atoms with Crippen LogP contribution < -0.4 is 5.32 Å². The fourth-order valence-corrected chi connectivity index (χ4v) is 3.67. The van der Waals surface area contributed by atoms with Gasteiger partial charge in [0, 0.05) is 11.3 Å². The molecule has 6 nitrogen and oxygen atoms in total. The van der Waals surface area contributed by atoms with E-state index in [0.717, 1.165) is 27.9 Å². The van der Waals surface area contributed by atoms with Crippen LogP contribution in [-0.4, -0.2) is 46.8 Å². The number of para-hydroxylation sites is 1. The topological polar surface area (TPSA) is 65.4 Å². The van der Waals surface area contributed by atoms with Gasteiger partial charge in [-0.15, -0.1) is 0 Å². The van der Waals surface area contributed by atoms with Crippen molar-refractivity contribution >= 4 is 33.2 Å². The van der Waals surface area contributed by atoms with Crippen LogP contribution >= 0.6 is 10.0 Å². The van der Waals surface area contributed by atoms with Crippen molar-refractivity contribution in [3.63, 3.8) is 0 Å². The fourth-order valence-electron chi connectivity index (χ4n) is 3.05. The first kappa shape index (κ1) is 22.9. The number of benzene rings is 2. The minimum atomic E-state index is -0.616. The van der Waals surface area contributed by atoms with E-state index < -0.39 is 16.1 Å². The van der Waals surface area contributed by atoms with Gasteiger partial charge in [-0.1, -0.05) is 55.1 Å². The van der Waals surface area contributed by atoms with Gasteiger partial charge in [0.05, 0.1) is 24.2 Å². The number of aromatic nitrogens is 2. The van der Waals surface area contributed by atoms with Crippen molar-refractivity contribution in [3.8, 4) is 0 Å². The standard InChI is InChI=1S/C24H31N3O3S/c1-5-20-12-9-13-21-23(20)26-22(27(21)18-29-14-15-31(2,3)4)16-25-24(28)30-17-19-10-7-6-8-11-19/h5-13H,1,14-18H2,2-4H3,(H,25,28). The Bertz CT molecular complexity index is 1030. The highest BCUT2D eigenvalue weighted by atomic mass is 32.3. The van der Waals surface area contributed by atoms with Crippen molar-refractivity contribution in [2.24, 2.45) is 0 Å². The zero-order valence-electron chi connectivity index (χ0n) is 18.5. The maximum absolute atomic E-state index is 12.2. The molecule has 0 atom stereocenters. The second kappa shape index (κ2) is 10.5. The summed E-state index contributed by atoms with van der Waals surface area (Å²) in [5.74, 6) is 1.75. The van der Waals surface area contributed by atoms with Gasteiger partial charge in [-0.05, 0) is 30.4 Å². The maximum atomic E-state index is 12.2. The van der Waals surface area contributed by atoms with Gasteiger partial charge < -0.3 is 19.4 Å². The molecule has 0 fully saturated rings. The van der Waals surface area contributed by atoms with Crippen molar-refractivity contribution in [1.82, 2.24) is 14.9 Å². The molecule has 0 aliphatic carbocycles. The Morgan fingerprint density at radius 3 is 2.65 bits per heavy atom. The third-order valence-electron chi connectivity index (χ3n) is 4.77. The molecule has 3 aromatic rings. The third kappa shape index (κ3) is 6.60. The number of hydrogen-bond acceptors (Lipinski definition) is 4. The molecule has 0 radical (unpaired) electrons. The Labute approximate surface area is 185 Å². The van der Waals surface area contributed by atoms with E-state index in [4.69, 9.17) is 14.5 Å². The number of fused-ring (bicyclic) bond motifs is 1. The van der Waals surface area contributed by atoms with Crippen LogP contribution in [0.1, 0.15) is 17.0 Å². The summed E-state index contributed by atoms with van der Waals surface area (Å²) < 4.78 is 13.3. The van der Waals surface area contributed by atoms with Crippen LogP contribution in [0.5, 0.6) is 0 Å². The molecule has 7 heteroatoms. The van der Waals surface area contributed by atoms with E-state index in [1.54, 1.807) is 6.08 Å². The van der Waals surface area contributed by atoms with Gasteiger partial charge in [0.15, 0.2) is 0 Å². The number of amides is 1. The average molecular weight is 442 g/mol. The van der Waals surface area contributed by atoms with Gasteiger partial charge in [0.1, 0.15) is 19.2 Å². The average Bonchev–Trinajstić information content (AvgIpc) is 3.11. The second-order valence-corrected chi connectivity index (χ2v) is 12.7. The molecule has 2 aromatic carbocycles. The smallest absolute Gasteiger partial charge is 0.407 e. The van der Waals surface area contributed by atoms with Crippen molar-refractivity contribution in [2.45, 2.75) is 19.9 Å². The lowest BCUT2D eigenvalue weighted by Crippen LogP contribution is -2.25. The third-order valence-corrected chi connectivity index (χ3v) is 6.16. The molecule has 0 saturated heterocycles. The predicted octanol–water partition coefficient (Wildman–Crippen LogP) is 4.77. The molecular weight excluding hydrogens is 410 g/mol. The summed E-state index contributed by atoms with van der Waals surface area (Å²) in [5.41, 5.74) is 3.69. The summed E-state index contributed by atoms with van der Waals surface area (Å²) in [6.07, 6.45) is 8.12. The van der Waals surface area contributed by atoms with Gasteiger partial charge in [-0.25, -0.2) is 19.8 Å². The summed E-state index contributed by atoms with van der Waals surface area (Å²) in [6, 6.07) is 15.5. The number of rotatable bonds is 10. The summed E-state index contributed by atoms with van der Waals surface area (Å²) in [5, 5.41) is 2.80. The van der Waals surface area contributed by atoms with E-state index in [-0.39, 0.29) is 13.2 Å². The molecule has 1 heterocycles. The molecule has 0 aliphatic heterocycles. The van der Waals surface area contributed by atoms with E-state index in [1.807, 2.05) is 53.1 Å². The zero-order valence-corrected chi connectivity index (χ0v) is 19.3. The van der Waals surface area contributed by atoms with Gasteiger partial charge in [0.25, 0.3) is 0 Å². The quantitative estimate of drug-likeness (QED) is 0.460. The van der Waals surface area contributed by atoms with Crippen molar-refractivity contribution in [1.29, 1.82) is 0 Å². The lowest BCUT2D eigenvalue weighted by atomic mass is 10.2. The lowest BCUT2D eigenvalue weighted by molar-refractivity contribution is 0.0897. The van der Waals surface area contributed by atoms with Crippen LogP contribution in [0, 0.1) is 0 Å². The number of ether oxygens (including phenoxy) is 2. The number of hydrogen-bond donors (Lipinski definition) is 1. The van der Waals surface area contributed by atoms with Crippen LogP contribution in [0.25, 0.3) is 17.1 Å². The molecule has 0 unspecified atom stereocenters. The Hall–Kier alpha value is -2.77. The predicted molar refractivity (Wildman–Crippen MR) is 129 cm³/mol. The first-order chi connectivity index (χ1) is 14.9. The van der Waals surface area contributed by atoms with E-state index in [9.17, 15) is 4.79 Å². The van der Waals surface area contributed by atoms with Crippen LogP contribution in [-0.2, 0) is 29.4 Å². The molecule has 166 valence electrons. The fraction of sp³-hybridized carbons (Fsp3) is 0.333. The normalized spacial score (nSPS) is 12.0. The van der Waals surface area contributed by atoms with Gasteiger partial charge in [-0.3, -0.25) is 0 Å². The molecule has 0 aliphatic rings. The van der Waals surface area contributed by atoms with E-state index in [2.05, 4.69) is 30.7 Å². The zero-order chi connectivity index (χ0) is 22.3. The van der Waals surface area contributed by atoms with Crippen molar-refractivity contribution in [3.05, 3.63) is 72.1 Å². The van der Waals surface area contributed by atoms with Gasteiger partial charge in [-0.2, -0.15) is 0 Å². The first-order valence-corrected chi connectivity index (χ1v) is 13.2. The SMILES string of the molecule is C=Cc1cccc2c1nc(CNC(=O)OCc1ccccc1)n2COCCS(C)(C)C. The van der Waals surface area contributed by atoms with Crippen LogP contribution in [0.3, 0.4) is 0 Å². The van der Waals surface area contributed by atoms with Crippen molar-refractivity contribution in [2.75, 3.05) is 31.1 Å². The molecule has 1 aromatic heterocycles. The molecule has 0 spiro atoms. The number of nitrogens with zero attached hydrogens (tertiary/aromatic N) is 2. The molecular formula is C24H31N3O3S. The molecule has 0 bridgehead atoms. The minimum absolute atomic E-state index is 0.224. The molecule has 3 rings (SSSR count). The number of nitrogens with one attached hydrogen (secondary N) is 1. The Balaban J connectivity index is 1.68. The van der Waals surface area contributed by atoms with Crippen LogP contribution in [0.2, 0.25) is 0 Å². The summed E-state index contributed by atoms with van der Waals surface area (Å²) >= 11 is 0. The highest BCUT2D eigenvalue weighted by molar-refractivity contribution is 8.32. The van der Waals surface area contributed by atoms with Crippen molar-refractivity contribution < 1.29 is 14.3 Å². The summed E-state index contributed by atoms with van der Waals surface area (Å²) in [4.78, 5) is 16.9. The highest BCUT2D eigenvalue weighted by Gasteiger charge is 2.14. The Morgan fingerprint density at radius 1 is 1.16 bits per heavy atom. The molecule has 1 N–H and O–H groups in total. The highest BCUT2D eigenvalue weighted by Crippen LogP contribution is 2.33. The summed E-state index contributed by atoms with van der Waals surface area (Å²) in [7, 11) is -0.616. The summed E-state index contributed by atoms with van der Waals surface area (Å²) in [6.45, 7) is 5.41. The maximum Gasteiger partial charge on any atom is 0.407 e. The van der Waals surface area contributed by atoms with Gasteiger partial charge in [0.2, 0.25) is 0 Å². The monoisotopic (exact) mass is 441 g/mol. The van der Waals surface area contributed by atoms with Crippen LogP contribution in [0.15, 0.2) is 55.1 Å². The Kier molecular flexibility index (Phi) is 7.76. The lowest BCUT2D eigenvalue weighted by Gasteiger charge is -2.24. The molecule has 1 amide bonds. The largest absolute Gasteiger partial charge is 0.445 e. The van der Waals surface area contributed by atoms with E-state index in [0.29, 0.717) is 19.2 Å². The van der Waals surface area contributed by atoms with Crippen LogP contribution in [0.4, 0.5) is 4.79 Å².